The van der Waals surface area contributed by atoms with Crippen LogP contribution in [0.2, 0.25) is 0 Å². The summed E-state index contributed by atoms with van der Waals surface area (Å²) < 4.78 is 0. The summed E-state index contributed by atoms with van der Waals surface area (Å²) >= 11 is 0. The molecule has 1 aliphatic rings. The van der Waals surface area contributed by atoms with Crippen molar-refractivity contribution >= 4 is 17.9 Å². The normalized spacial score (nSPS) is 21.0. The molecule has 1 fully saturated rings. The summed E-state index contributed by atoms with van der Waals surface area (Å²) in [6, 6.07) is -2.14. The number of carbonyl (C=O) groups excluding carboxylic acids is 2. The zero-order valence-corrected chi connectivity index (χ0v) is 10.8. The van der Waals surface area contributed by atoms with Gasteiger partial charge in [0.2, 0.25) is 5.91 Å². The van der Waals surface area contributed by atoms with Gasteiger partial charge in [0, 0.05) is 13.6 Å². The molecule has 0 radical (unpaired) electrons. The fourth-order valence-electron chi connectivity index (χ4n) is 1.81. The fraction of sp³-hybridized carbons (Fsp3) is 0.727. The van der Waals surface area contributed by atoms with Gasteiger partial charge in [0.1, 0.15) is 12.1 Å². The molecule has 1 unspecified atom stereocenters. The first-order chi connectivity index (χ1) is 8.32. The van der Waals surface area contributed by atoms with E-state index in [4.69, 9.17) is 5.11 Å². The summed E-state index contributed by atoms with van der Waals surface area (Å²) in [5.41, 5.74) is 0. The zero-order chi connectivity index (χ0) is 13.9. The van der Waals surface area contributed by atoms with E-state index >= 15 is 0 Å². The Labute approximate surface area is 106 Å². The molecule has 1 aliphatic heterocycles. The molecule has 0 bridgehead atoms. The Balaban J connectivity index is 2.51. The van der Waals surface area contributed by atoms with Gasteiger partial charge < -0.3 is 20.6 Å². The molecule has 0 aromatic carbocycles. The van der Waals surface area contributed by atoms with E-state index in [0.717, 1.165) is 0 Å². The molecule has 7 nitrogen and oxygen atoms in total. The third kappa shape index (κ3) is 3.35. The van der Waals surface area contributed by atoms with Crippen LogP contribution in [0.1, 0.15) is 20.3 Å². The van der Waals surface area contributed by atoms with Gasteiger partial charge in [0.15, 0.2) is 0 Å². The van der Waals surface area contributed by atoms with Crippen molar-refractivity contribution < 1.29 is 19.5 Å². The largest absolute Gasteiger partial charge is 0.480 e. The lowest BCUT2D eigenvalue weighted by Crippen LogP contribution is -2.52. The van der Waals surface area contributed by atoms with Crippen LogP contribution in [0.3, 0.4) is 0 Å². The Morgan fingerprint density at radius 2 is 2.06 bits per heavy atom. The predicted molar refractivity (Wildman–Crippen MR) is 64.0 cm³/mol. The number of rotatable bonds is 4. The summed E-state index contributed by atoms with van der Waals surface area (Å²) in [5.74, 6) is -1.47. The van der Waals surface area contributed by atoms with Crippen LogP contribution < -0.4 is 10.6 Å². The summed E-state index contributed by atoms with van der Waals surface area (Å²) in [7, 11) is 1.66. The van der Waals surface area contributed by atoms with E-state index in [1.807, 2.05) is 0 Å². The standard InChI is InChI=1S/C11H19N3O4/c1-6(2)8(10(16)17)13-11(18)12-7-4-5-14(3)9(7)15/h6-8H,4-5H2,1-3H3,(H,16,17)(H2,12,13,18)/t7?,8-/m1/s1. The first kappa shape index (κ1) is 14.3. The summed E-state index contributed by atoms with van der Waals surface area (Å²) in [6.45, 7) is 4.00. The van der Waals surface area contributed by atoms with Gasteiger partial charge in [-0.2, -0.15) is 0 Å². The van der Waals surface area contributed by atoms with Crippen molar-refractivity contribution in [3.05, 3.63) is 0 Å². The summed E-state index contributed by atoms with van der Waals surface area (Å²) in [4.78, 5) is 35.6. The van der Waals surface area contributed by atoms with Crippen LogP contribution in [0.15, 0.2) is 0 Å². The van der Waals surface area contributed by atoms with Crippen LogP contribution >= 0.6 is 0 Å². The topological polar surface area (TPSA) is 98.7 Å². The number of hydrogen-bond acceptors (Lipinski definition) is 3. The summed E-state index contributed by atoms with van der Waals surface area (Å²) in [5, 5.41) is 13.8. The Bertz CT molecular complexity index is 356. The lowest BCUT2D eigenvalue weighted by atomic mass is 10.1. The van der Waals surface area contributed by atoms with Crippen LogP contribution in [0.25, 0.3) is 0 Å². The number of hydrogen-bond donors (Lipinski definition) is 3. The number of amides is 3. The molecular formula is C11H19N3O4. The van der Waals surface area contributed by atoms with Crippen molar-refractivity contribution in [3.8, 4) is 0 Å². The molecule has 0 aromatic rings. The number of nitrogens with one attached hydrogen (secondary N) is 2. The van der Waals surface area contributed by atoms with Crippen molar-refractivity contribution in [3.63, 3.8) is 0 Å². The van der Waals surface area contributed by atoms with Crippen molar-refractivity contribution in [1.82, 2.24) is 15.5 Å². The highest BCUT2D eigenvalue weighted by molar-refractivity contribution is 5.89. The average Bonchev–Trinajstić information content (AvgIpc) is 2.57. The molecule has 0 saturated carbocycles. The first-order valence-electron chi connectivity index (χ1n) is 5.87. The van der Waals surface area contributed by atoms with Crippen LogP contribution in [0.5, 0.6) is 0 Å². The molecule has 2 atom stereocenters. The molecular weight excluding hydrogens is 238 g/mol. The highest BCUT2D eigenvalue weighted by Crippen LogP contribution is 2.08. The second kappa shape index (κ2) is 5.70. The Morgan fingerprint density at radius 3 is 2.44 bits per heavy atom. The quantitative estimate of drug-likeness (QED) is 0.639. The van der Waals surface area contributed by atoms with Gasteiger partial charge in [0.25, 0.3) is 0 Å². The Hall–Kier alpha value is -1.79. The minimum Gasteiger partial charge on any atom is -0.480 e. The molecule has 1 heterocycles. The fourth-order valence-corrected chi connectivity index (χ4v) is 1.81. The van der Waals surface area contributed by atoms with Crippen molar-refractivity contribution in [2.24, 2.45) is 5.92 Å². The molecule has 0 spiro atoms. The number of carbonyl (C=O) groups is 3. The molecule has 18 heavy (non-hydrogen) atoms. The van der Waals surface area contributed by atoms with Crippen molar-refractivity contribution in [2.75, 3.05) is 13.6 Å². The van der Waals surface area contributed by atoms with E-state index in [1.54, 1.807) is 20.9 Å². The van der Waals surface area contributed by atoms with Crippen molar-refractivity contribution in [2.45, 2.75) is 32.4 Å². The van der Waals surface area contributed by atoms with Gasteiger partial charge in [-0.15, -0.1) is 0 Å². The van der Waals surface area contributed by atoms with Gasteiger partial charge in [-0.1, -0.05) is 13.8 Å². The van der Waals surface area contributed by atoms with Gasteiger partial charge in [-0.3, -0.25) is 4.79 Å². The molecule has 1 saturated heterocycles. The van der Waals surface area contributed by atoms with Gasteiger partial charge in [-0.05, 0) is 12.3 Å². The maximum absolute atomic E-state index is 11.6. The number of urea groups is 1. The minimum atomic E-state index is -1.09. The number of likely N-dealkylation sites (N-methyl/N-ethyl adjacent to an activating group) is 1. The second-order valence-electron chi connectivity index (χ2n) is 4.78. The molecule has 7 heteroatoms. The molecule has 0 aliphatic carbocycles. The zero-order valence-electron chi connectivity index (χ0n) is 10.8. The van der Waals surface area contributed by atoms with E-state index in [-0.39, 0.29) is 11.8 Å². The van der Waals surface area contributed by atoms with Crippen LogP contribution in [0.4, 0.5) is 4.79 Å². The van der Waals surface area contributed by atoms with Crippen LogP contribution in [-0.4, -0.2) is 53.6 Å². The van der Waals surface area contributed by atoms with Gasteiger partial charge in [-0.25, -0.2) is 9.59 Å². The lowest BCUT2D eigenvalue weighted by molar-refractivity contribution is -0.140. The van der Waals surface area contributed by atoms with E-state index in [0.29, 0.717) is 13.0 Å². The number of likely N-dealkylation sites (tertiary alicyclic amines) is 1. The SMILES string of the molecule is CC(C)[C@@H](NC(=O)NC1CCN(C)C1=O)C(=O)O. The Kier molecular flexibility index (Phi) is 4.52. The maximum atomic E-state index is 11.6. The number of nitrogens with zero attached hydrogens (tertiary/aromatic N) is 1. The van der Waals surface area contributed by atoms with E-state index in [2.05, 4.69) is 10.6 Å². The molecule has 3 amide bonds. The van der Waals surface area contributed by atoms with Crippen LogP contribution in [0, 0.1) is 5.92 Å². The number of carboxylic acids is 1. The molecule has 102 valence electrons. The third-order valence-corrected chi connectivity index (χ3v) is 2.95. The predicted octanol–water partition coefficient (Wildman–Crippen LogP) is -0.374. The molecule has 1 rings (SSSR count). The highest BCUT2D eigenvalue weighted by Gasteiger charge is 2.31. The number of aliphatic carboxylic acids is 1. The smallest absolute Gasteiger partial charge is 0.326 e. The van der Waals surface area contributed by atoms with Crippen LogP contribution in [-0.2, 0) is 9.59 Å². The first-order valence-corrected chi connectivity index (χ1v) is 5.87. The van der Waals surface area contributed by atoms with Crippen molar-refractivity contribution in [1.29, 1.82) is 0 Å². The van der Waals surface area contributed by atoms with Gasteiger partial charge >= 0.3 is 12.0 Å². The molecule has 0 aromatic heterocycles. The van der Waals surface area contributed by atoms with E-state index in [1.165, 1.54) is 4.90 Å². The summed E-state index contributed by atoms with van der Waals surface area (Å²) in [6.07, 6.45) is 0.544. The van der Waals surface area contributed by atoms with E-state index in [9.17, 15) is 14.4 Å². The molecule has 3 N–H and O–H groups in total. The average molecular weight is 257 g/mol. The maximum Gasteiger partial charge on any atom is 0.326 e. The third-order valence-electron chi connectivity index (χ3n) is 2.95. The highest BCUT2D eigenvalue weighted by atomic mass is 16.4. The van der Waals surface area contributed by atoms with E-state index < -0.39 is 24.1 Å². The second-order valence-corrected chi connectivity index (χ2v) is 4.78. The lowest BCUT2D eigenvalue weighted by Gasteiger charge is -2.19. The van der Waals surface area contributed by atoms with Gasteiger partial charge in [0.05, 0.1) is 0 Å². The monoisotopic (exact) mass is 257 g/mol. The Morgan fingerprint density at radius 1 is 1.44 bits per heavy atom. The minimum absolute atomic E-state index is 0.151. The number of carboxylic acid groups (broad SMARTS) is 1.